The Bertz CT molecular complexity index is 617. The van der Waals surface area contributed by atoms with E-state index in [1.165, 1.54) is 19.2 Å². The van der Waals surface area contributed by atoms with E-state index >= 15 is 0 Å². The van der Waals surface area contributed by atoms with Crippen molar-refractivity contribution in [3.05, 3.63) is 64.7 Å². The molecule has 5 heteroatoms. The van der Waals surface area contributed by atoms with Gasteiger partial charge in [-0.1, -0.05) is 18.2 Å². The SMILES string of the molecule is COc1cc(C(NN)c2ccc(F)c(C)c2)ccc1F. The molecule has 2 rings (SSSR count). The zero-order valence-corrected chi connectivity index (χ0v) is 11.3. The van der Waals surface area contributed by atoms with Gasteiger partial charge in [-0.2, -0.15) is 0 Å². The zero-order chi connectivity index (χ0) is 14.7. The molecule has 0 aliphatic rings. The van der Waals surface area contributed by atoms with Crippen LogP contribution in [-0.4, -0.2) is 7.11 Å². The third kappa shape index (κ3) is 2.79. The van der Waals surface area contributed by atoms with E-state index in [0.717, 1.165) is 11.1 Å². The van der Waals surface area contributed by atoms with Crippen LogP contribution in [0.4, 0.5) is 8.78 Å². The first kappa shape index (κ1) is 14.4. The van der Waals surface area contributed by atoms with E-state index in [2.05, 4.69) is 5.43 Å². The van der Waals surface area contributed by atoms with Crippen LogP contribution >= 0.6 is 0 Å². The van der Waals surface area contributed by atoms with Gasteiger partial charge in [0.05, 0.1) is 13.2 Å². The first-order valence-electron chi connectivity index (χ1n) is 6.12. The van der Waals surface area contributed by atoms with Crippen molar-refractivity contribution in [3.63, 3.8) is 0 Å². The van der Waals surface area contributed by atoms with Gasteiger partial charge in [0.1, 0.15) is 5.82 Å². The Kier molecular flexibility index (Phi) is 4.32. The van der Waals surface area contributed by atoms with Gasteiger partial charge < -0.3 is 4.74 Å². The molecule has 20 heavy (non-hydrogen) atoms. The molecule has 0 fully saturated rings. The molecule has 0 aliphatic heterocycles. The first-order chi connectivity index (χ1) is 9.56. The van der Waals surface area contributed by atoms with E-state index in [-0.39, 0.29) is 17.6 Å². The lowest BCUT2D eigenvalue weighted by Gasteiger charge is -2.18. The summed E-state index contributed by atoms with van der Waals surface area (Å²) in [4.78, 5) is 0. The summed E-state index contributed by atoms with van der Waals surface area (Å²) >= 11 is 0. The van der Waals surface area contributed by atoms with Crippen molar-refractivity contribution >= 4 is 0 Å². The Hall–Kier alpha value is -1.98. The van der Waals surface area contributed by atoms with Gasteiger partial charge in [-0.15, -0.1) is 0 Å². The molecule has 2 aromatic rings. The highest BCUT2D eigenvalue weighted by molar-refractivity contribution is 5.38. The fourth-order valence-electron chi connectivity index (χ4n) is 2.09. The fourth-order valence-corrected chi connectivity index (χ4v) is 2.09. The first-order valence-corrected chi connectivity index (χ1v) is 6.12. The molecule has 2 aromatic carbocycles. The van der Waals surface area contributed by atoms with Crippen LogP contribution in [-0.2, 0) is 0 Å². The maximum Gasteiger partial charge on any atom is 0.165 e. The van der Waals surface area contributed by atoms with Gasteiger partial charge >= 0.3 is 0 Å². The average Bonchev–Trinajstić information content (AvgIpc) is 2.45. The number of halogens is 2. The quantitative estimate of drug-likeness (QED) is 0.668. The summed E-state index contributed by atoms with van der Waals surface area (Å²) in [5, 5.41) is 0. The maximum absolute atomic E-state index is 13.4. The fraction of sp³-hybridized carbons (Fsp3) is 0.200. The number of methoxy groups -OCH3 is 1. The van der Waals surface area contributed by atoms with Gasteiger partial charge in [0.15, 0.2) is 11.6 Å². The Morgan fingerprint density at radius 2 is 1.65 bits per heavy atom. The summed E-state index contributed by atoms with van der Waals surface area (Å²) in [6.07, 6.45) is 0. The van der Waals surface area contributed by atoms with Crippen LogP contribution in [0, 0.1) is 18.6 Å². The van der Waals surface area contributed by atoms with E-state index < -0.39 is 5.82 Å². The van der Waals surface area contributed by atoms with Gasteiger partial charge in [-0.3, -0.25) is 5.84 Å². The van der Waals surface area contributed by atoms with Crippen LogP contribution in [0.2, 0.25) is 0 Å². The van der Waals surface area contributed by atoms with Crippen molar-refractivity contribution in [1.29, 1.82) is 0 Å². The van der Waals surface area contributed by atoms with Crippen LogP contribution < -0.4 is 16.0 Å². The van der Waals surface area contributed by atoms with Crippen LogP contribution in [0.3, 0.4) is 0 Å². The number of hydrogen-bond acceptors (Lipinski definition) is 3. The molecule has 0 aliphatic carbocycles. The molecule has 3 N–H and O–H groups in total. The largest absolute Gasteiger partial charge is 0.494 e. The Morgan fingerprint density at radius 3 is 2.20 bits per heavy atom. The van der Waals surface area contributed by atoms with E-state index in [4.69, 9.17) is 10.6 Å². The second-order valence-corrected chi connectivity index (χ2v) is 4.50. The maximum atomic E-state index is 13.4. The number of benzene rings is 2. The highest BCUT2D eigenvalue weighted by Crippen LogP contribution is 2.27. The highest BCUT2D eigenvalue weighted by atomic mass is 19.1. The topological polar surface area (TPSA) is 47.3 Å². The summed E-state index contributed by atoms with van der Waals surface area (Å²) in [6.45, 7) is 1.68. The third-order valence-corrected chi connectivity index (χ3v) is 3.19. The molecule has 0 saturated heterocycles. The van der Waals surface area contributed by atoms with Crippen molar-refractivity contribution < 1.29 is 13.5 Å². The van der Waals surface area contributed by atoms with Gasteiger partial charge in [-0.05, 0) is 41.8 Å². The Balaban J connectivity index is 2.43. The number of nitrogens with two attached hydrogens (primary N) is 1. The molecule has 106 valence electrons. The van der Waals surface area contributed by atoms with Crippen LogP contribution in [0.25, 0.3) is 0 Å². The minimum absolute atomic E-state index is 0.140. The molecule has 0 bridgehead atoms. The van der Waals surface area contributed by atoms with E-state index in [1.54, 1.807) is 31.2 Å². The van der Waals surface area contributed by atoms with Gasteiger partial charge in [0, 0.05) is 0 Å². The molecule has 1 atom stereocenters. The predicted octanol–water partition coefficient (Wildman–Crippen LogP) is 2.83. The monoisotopic (exact) mass is 278 g/mol. The minimum Gasteiger partial charge on any atom is -0.494 e. The second-order valence-electron chi connectivity index (χ2n) is 4.50. The van der Waals surface area contributed by atoms with Gasteiger partial charge in [0.2, 0.25) is 0 Å². The van der Waals surface area contributed by atoms with Crippen LogP contribution in [0.1, 0.15) is 22.7 Å². The standard InChI is InChI=1S/C15H16F2N2O/c1-9-7-10(3-5-12(9)16)15(19-18)11-4-6-13(17)14(8-11)20-2/h3-8,15,19H,18H2,1-2H3. The summed E-state index contributed by atoms with van der Waals surface area (Å²) < 4.78 is 31.7. The number of aryl methyl sites for hydroxylation is 1. The Morgan fingerprint density at radius 1 is 1.05 bits per heavy atom. The van der Waals surface area contributed by atoms with Crippen LogP contribution in [0.15, 0.2) is 36.4 Å². The minimum atomic E-state index is -0.442. The number of rotatable bonds is 4. The van der Waals surface area contributed by atoms with E-state index in [1.807, 2.05) is 0 Å². The molecule has 0 heterocycles. The molecule has 0 spiro atoms. The number of ether oxygens (including phenoxy) is 1. The van der Waals surface area contributed by atoms with E-state index in [9.17, 15) is 8.78 Å². The normalized spacial score (nSPS) is 12.2. The molecular formula is C15H16F2N2O. The second kappa shape index (κ2) is 5.98. The highest BCUT2D eigenvalue weighted by Gasteiger charge is 2.15. The van der Waals surface area contributed by atoms with Crippen molar-refractivity contribution in [2.45, 2.75) is 13.0 Å². The lowest BCUT2D eigenvalue weighted by atomic mass is 9.97. The number of hydrazine groups is 1. The Labute approximate surface area is 116 Å². The smallest absolute Gasteiger partial charge is 0.165 e. The third-order valence-electron chi connectivity index (χ3n) is 3.19. The molecule has 0 radical (unpaired) electrons. The van der Waals surface area contributed by atoms with Crippen molar-refractivity contribution in [1.82, 2.24) is 5.43 Å². The summed E-state index contributed by atoms with van der Waals surface area (Å²) in [7, 11) is 1.40. The average molecular weight is 278 g/mol. The summed E-state index contributed by atoms with van der Waals surface area (Å²) in [5.74, 6) is 5.00. The van der Waals surface area contributed by atoms with E-state index in [0.29, 0.717) is 5.56 Å². The van der Waals surface area contributed by atoms with Crippen molar-refractivity contribution in [2.75, 3.05) is 7.11 Å². The van der Waals surface area contributed by atoms with Gasteiger partial charge in [-0.25, -0.2) is 14.2 Å². The zero-order valence-electron chi connectivity index (χ0n) is 11.3. The molecule has 0 saturated carbocycles. The summed E-state index contributed by atoms with van der Waals surface area (Å²) in [6, 6.07) is 8.85. The molecule has 1 unspecified atom stereocenters. The summed E-state index contributed by atoms with van der Waals surface area (Å²) in [5.41, 5.74) is 4.70. The number of hydrogen-bond donors (Lipinski definition) is 2. The van der Waals surface area contributed by atoms with Crippen molar-refractivity contribution in [2.24, 2.45) is 5.84 Å². The number of nitrogens with one attached hydrogen (secondary N) is 1. The lowest BCUT2D eigenvalue weighted by molar-refractivity contribution is 0.385. The van der Waals surface area contributed by atoms with Crippen LogP contribution in [0.5, 0.6) is 5.75 Å². The molecule has 0 aromatic heterocycles. The molecular weight excluding hydrogens is 262 g/mol. The predicted molar refractivity (Wildman–Crippen MR) is 73.3 cm³/mol. The van der Waals surface area contributed by atoms with Gasteiger partial charge in [0.25, 0.3) is 0 Å². The lowest BCUT2D eigenvalue weighted by Crippen LogP contribution is -2.29. The molecule has 3 nitrogen and oxygen atoms in total. The van der Waals surface area contributed by atoms with Crippen molar-refractivity contribution in [3.8, 4) is 5.75 Å². The molecule has 0 amide bonds.